The number of hydrogen-bond donors (Lipinski definition) is 1. The molecule has 1 atom stereocenters. The molecule has 0 spiro atoms. The lowest BCUT2D eigenvalue weighted by atomic mass is 10.0. The van der Waals surface area contributed by atoms with Crippen LogP contribution in [0.3, 0.4) is 0 Å². The number of nitrogens with zero attached hydrogens (tertiary/aromatic N) is 2. The summed E-state index contributed by atoms with van der Waals surface area (Å²) in [5, 5.41) is 11.4. The summed E-state index contributed by atoms with van der Waals surface area (Å²) in [6.07, 6.45) is 1.05. The minimum absolute atomic E-state index is 0.00558. The average Bonchev–Trinajstić information content (AvgIpc) is 3.25. The molecule has 1 aromatic heterocycles. The van der Waals surface area contributed by atoms with Crippen molar-refractivity contribution in [2.24, 2.45) is 4.99 Å². The van der Waals surface area contributed by atoms with Gasteiger partial charge in [-0.1, -0.05) is 48.0 Å². The summed E-state index contributed by atoms with van der Waals surface area (Å²) in [5.74, 6) is -0.512. The molecule has 4 rings (SSSR count). The predicted octanol–water partition coefficient (Wildman–Crippen LogP) is 6.95. The van der Waals surface area contributed by atoms with E-state index in [0.717, 1.165) is 28.2 Å². The van der Waals surface area contributed by atoms with Crippen LogP contribution in [0.4, 0.5) is 0 Å². The summed E-state index contributed by atoms with van der Waals surface area (Å²) in [7, 11) is 0. The van der Waals surface area contributed by atoms with E-state index in [4.69, 9.17) is 16.3 Å². The van der Waals surface area contributed by atoms with Crippen molar-refractivity contribution in [3.63, 3.8) is 0 Å². The van der Waals surface area contributed by atoms with Gasteiger partial charge in [0, 0.05) is 27.5 Å². The number of aryl methyl sites for hydroxylation is 2. The number of rotatable bonds is 7. The summed E-state index contributed by atoms with van der Waals surface area (Å²) in [4.78, 5) is 16.9. The smallest absolute Gasteiger partial charge is 0.343 e. The van der Waals surface area contributed by atoms with E-state index in [2.05, 4.69) is 41.6 Å². The van der Waals surface area contributed by atoms with Gasteiger partial charge < -0.3 is 14.4 Å². The number of halogens is 1. The molecule has 1 aliphatic rings. The van der Waals surface area contributed by atoms with Gasteiger partial charge in [0.25, 0.3) is 0 Å². The first-order valence-electron chi connectivity index (χ1n) is 11.9. The Morgan fingerprint density at radius 1 is 1.09 bits per heavy atom. The molecule has 0 saturated carbocycles. The van der Waals surface area contributed by atoms with Crippen molar-refractivity contribution < 1.29 is 14.6 Å². The summed E-state index contributed by atoms with van der Waals surface area (Å²) in [5.41, 5.74) is 7.27. The number of carbonyl (C=O) groups excluding carboxylic acids is 1. The van der Waals surface area contributed by atoms with Crippen molar-refractivity contribution in [3.8, 4) is 16.8 Å². The van der Waals surface area contributed by atoms with Gasteiger partial charge in [-0.3, -0.25) is 4.99 Å². The van der Waals surface area contributed by atoms with Crippen LogP contribution in [0.5, 0.6) is 0 Å². The highest BCUT2D eigenvalue weighted by Gasteiger charge is 2.31. The topological polar surface area (TPSA) is 63.8 Å². The number of aliphatic hydroxyl groups excluding tert-OH is 1. The van der Waals surface area contributed by atoms with Gasteiger partial charge in [-0.2, -0.15) is 0 Å². The summed E-state index contributed by atoms with van der Waals surface area (Å²) in [6, 6.07) is 17.9. The van der Waals surface area contributed by atoms with Crippen LogP contribution in [0.25, 0.3) is 16.8 Å². The first-order valence-corrected chi connectivity index (χ1v) is 12.3. The molecule has 2 aromatic carbocycles. The third-order valence-electron chi connectivity index (χ3n) is 6.36. The number of aromatic nitrogens is 1. The molecule has 0 fully saturated rings. The number of ether oxygens (including phenoxy) is 1. The molecule has 0 radical (unpaired) electrons. The van der Waals surface area contributed by atoms with Crippen LogP contribution >= 0.6 is 11.6 Å². The highest BCUT2D eigenvalue weighted by atomic mass is 35.5. The number of aliphatic hydroxyl groups is 1. The Morgan fingerprint density at radius 2 is 1.74 bits per heavy atom. The van der Waals surface area contributed by atoms with Gasteiger partial charge in [0.2, 0.25) is 0 Å². The van der Waals surface area contributed by atoms with Gasteiger partial charge in [-0.25, -0.2) is 4.79 Å². The van der Waals surface area contributed by atoms with Crippen molar-refractivity contribution in [3.05, 3.63) is 87.9 Å². The monoisotopic (exact) mass is 490 g/mol. The lowest BCUT2D eigenvalue weighted by molar-refractivity contribution is -0.142. The van der Waals surface area contributed by atoms with E-state index in [1.54, 1.807) is 20.8 Å². The van der Waals surface area contributed by atoms with E-state index in [1.807, 2.05) is 36.4 Å². The van der Waals surface area contributed by atoms with Crippen LogP contribution in [0.2, 0.25) is 5.02 Å². The lowest BCUT2D eigenvalue weighted by Crippen LogP contribution is -2.18. The van der Waals surface area contributed by atoms with Gasteiger partial charge >= 0.3 is 5.97 Å². The molecule has 5 nitrogen and oxygen atoms in total. The van der Waals surface area contributed by atoms with E-state index >= 15 is 0 Å². The third kappa shape index (κ3) is 4.92. The Bertz CT molecular complexity index is 1330. The van der Waals surface area contributed by atoms with Crippen LogP contribution in [0, 0.1) is 13.8 Å². The predicted molar refractivity (Wildman–Crippen MR) is 142 cm³/mol. The number of hydrogen-bond acceptors (Lipinski definition) is 4. The quantitative estimate of drug-likeness (QED) is 0.364. The normalized spacial score (nSPS) is 15.6. The first-order chi connectivity index (χ1) is 16.7. The fourth-order valence-corrected chi connectivity index (χ4v) is 5.00. The standard InChI is InChI=1S/C29H31ClN2O3/c1-17(2)35-29(34)27-19(4)31-25(28(27)33)15-14-21-16-18(3)32(20(21)5)26-13-9-7-11-23(26)22-10-6-8-12-24(22)30/h6-13,16-17,25,33H,14-15H2,1-5H3. The lowest BCUT2D eigenvalue weighted by Gasteiger charge is -2.16. The summed E-state index contributed by atoms with van der Waals surface area (Å²) >= 11 is 6.53. The molecule has 0 saturated heterocycles. The van der Waals surface area contributed by atoms with E-state index < -0.39 is 12.0 Å². The Kier molecular flexibility index (Phi) is 7.18. The zero-order valence-corrected chi connectivity index (χ0v) is 21.6. The van der Waals surface area contributed by atoms with Gasteiger partial charge in [0.15, 0.2) is 0 Å². The molecule has 0 bridgehead atoms. The Balaban J connectivity index is 1.61. The largest absolute Gasteiger partial charge is 0.509 e. The molecule has 1 unspecified atom stereocenters. The fraction of sp³-hybridized carbons (Fsp3) is 0.310. The van der Waals surface area contributed by atoms with Gasteiger partial charge in [-0.05, 0) is 71.2 Å². The zero-order chi connectivity index (χ0) is 25.3. The van der Waals surface area contributed by atoms with E-state index in [-0.39, 0.29) is 17.4 Å². The second-order valence-electron chi connectivity index (χ2n) is 9.21. The molecule has 182 valence electrons. The van der Waals surface area contributed by atoms with Crippen LogP contribution < -0.4 is 0 Å². The minimum atomic E-state index is -0.518. The van der Waals surface area contributed by atoms with E-state index in [9.17, 15) is 9.90 Å². The van der Waals surface area contributed by atoms with E-state index in [1.165, 1.54) is 5.56 Å². The molecule has 2 heterocycles. The van der Waals surface area contributed by atoms with Crippen LogP contribution in [-0.4, -0.2) is 33.5 Å². The maximum atomic E-state index is 12.4. The average molecular weight is 491 g/mol. The number of benzene rings is 2. The van der Waals surface area contributed by atoms with Gasteiger partial charge in [0.1, 0.15) is 17.4 Å². The molecule has 35 heavy (non-hydrogen) atoms. The number of para-hydroxylation sites is 1. The Labute approximate surface area is 211 Å². The molecule has 0 amide bonds. The fourth-order valence-electron chi connectivity index (χ4n) is 4.76. The minimum Gasteiger partial charge on any atom is -0.509 e. The van der Waals surface area contributed by atoms with Crippen LogP contribution in [0.15, 0.2) is 70.9 Å². The van der Waals surface area contributed by atoms with Crippen molar-refractivity contribution >= 4 is 23.3 Å². The second kappa shape index (κ2) is 10.1. The molecule has 3 aromatic rings. The van der Waals surface area contributed by atoms with Crippen molar-refractivity contribution in [2.75, 3.05) is 0 Å². The SMILES string of the molecule is CC1=NC(CCc2cc(C)n(-c3ccccc3-c3ccccc3Cl)c2C)C(O)=C1C(=O)OC(C)C. The summed E-state index contributed by atoms with van der Waals surface area (Å²) < 4.78 is 7.53. The van der Waals surface area contributed by atoms with Gasteiger partial charge in [-0.15, -0.1) is 0 Å². The molecule has 0 aliphatic carbocycles. The number of esters is 1. The van der Waals surface area contributed by atoms with Crippen LogP contribution in [0.1, 0.15) is 44.1 Å². The maximum absolute atomic E-state index is 12.4. The molecule has 1 N–H and O–H groups in total. The first kappa shape index (κ1) is 24.8. The van der Waals surface area contributed by atoms with E-state index in [0.29, 0.717) is 23.6 Å². The number of carbonyl (C=O) groups is 1. The number of aliphatic imine (C=N–C) groups is 1. The maximum Gasteiger partial charge on any atom is 0.343 e. The molecular weight excluding hydrogens is 460 g/mol. The van der Waals surface area contributed by atoms with Crippen molar-refractivity contribution in [1.82, 2.24) is 4.57 Å². The van der Waals surface area contributed by atoms with Crippen molar-refractivity contribution in [2.45, 2.75) is 59.6 Å². The third-order valence-corrected chi connectivity index (χ3v) is 6.69. The van der Waals surface area contributed by atoms with Gasteiger partial charge in [0.05, 0.1) is 17.5 Å². The molecule has 1 aliphatic heterocycles. The molecule has 6 heteroatoms. The van der Waals surface area contributed by atoms with Crippen LogP contribution in [-0.2, 0) is 16.0 Å². The second-order valence-corrected chi connectivity index (χ2v) is 9.62. The highest BCUT2D eigenvalue weighted by molar-refractivity contribution is 6.33. The van der Waals surface area contributed by atoms with Crippen molar-refractivity contribution in [1.29, 1.82) is 0 Å². The Hall–Kier alpha value is -3.31. The Morgan fingerprint density at radius 3 is 2.43 bits per heavy atom. The zero-order valence-electron chi connectivity index (χ0n) is 20.8. The highest BCUT2D eigenvalue weighted by Crippen LogP contribution is 2.35. The molecular formula is C29H31ClN2O3. The summed E-state index contributed by atoms with van der Waals surface area (Å²) in [6.45, 7) is 9.51.